The van der Waals surface area contributed by atoms with E-state index < -0.39 is 0 Å². The maximum atomic E-state index is 11.9. The zero-order chi connectivity index (χ0) is 19.5. The lowest BCUT2D eigenvalue weighted by molar-refractivity contribution is -0.128. The average molecular weight is 398 g/mol. The molecule has 1 aromatic heterocycles. The van der Waals surface area contributed by atoms with Crippen molar-refractivity contribution in [2.75, 3.05) is 13.7 Å². The van der Waals surface area contributed by atoms with Crippen LogP contribution in [0.2, 0.25) is 5.02 Å². The summed E-state index contributed by atoms with van der Waals surface area (Å²) in [6.07, 6.45) is 1.95. The lowest BCUT2D eigenvalue weighted by Gasteiger charge is -2.15. The topological polar surface area (TPSA) is 68.5 Å². The van der Waals surface area contributed by atoms with Gasteiger partial charge < -0.3 is 14.2 Å². The van der Waals surface area contributed by atoms with Crippen LogP contribution in [0.5, 0.6) is 5.75 Å². The predicted molar refractivity (Wildman–Crippen MR) is 105 cm³/mol. The minimum Gasteiger partial charge on any atom is -0.496 e. The number of methoxy groups -OCH3 is 1. The number of amides is 1. The van der Waals surface area contributed by atoms with Crippen LogP contribution in [-0.2, 0) is 17.8 Å². The van der Waals surface area contributed by atoms with Gasteiger partial charge in [-0.25, -0.2) is 0 Å². The summed E-state index contributed by atoms with van der Waals surface area (Å²) in [5.74, 6) is 1.86. The average Bonchev–Trinajstić information content (AvgIpc) is 3.33. The Balaban J connectivity index is 1.53. The Labute approximate surface area is 168 Å². The van der Waals surface area contributed by atoms with E-state index in [1.807, 2.05) is 41.3 Å². The summed E-state index contributed by atoms with van der Waals surface area (Å²) in [5.41, 5.74) is 2.71. The van der Waals surface area contributed by atoms with Crippen molar-refractivity contribution in [3.63, 3.8) is 0 Å². The van der Waals surface area contributed by atoms with Gasteiger partial charge in [-0.2, -0.15) is 4.98 Å². The van der Waals surface area contributed by atoms with E-state index in [4.69, 9.17) is 20.9 Å². The monoisotopic (exact) mass is 397 g/mol. The third-order valence-electron chi connectivity index (χ3n) is 4.82. The van der Waals surface area contributed by atoms with Crippen LogP contribution in [0, 0.1) is 0 Å². The van der Waals surface area contributed by atoms with E-state index in [-0.39, 0.29) is 5.91 Å². The highest BCUT2D eigenvalue weighted by Gasteiger charge is 2.20. The number of halogens is 1. The first kappa shape index (κ1) is 18.5. The fraction of sp³-hybridized carbons (Fsp3) is 0.286. The van der Waals surface area contributed by atoms with Gasteiger partial charge in [0.05, 0.1) is 13.5 Å². The summed E-state index contributed by atoms with van der Waals surface area (Å²) in [4.78, 5) is 18.2. The molecule has 1 amide bonds. The highest BCUT2D eigenvalue weighted by Crippen LogP contribution is 2.29. The van der Waals surface area contributed by atoms with Gasteiger partial charge in [-0.1, -0.05) is 41.0 Å². The number of aromatic nitrogens is 2. The maximum absolute atomic E-state index is 11.9. The second kappa shape index (κ2) is 8.02. The smallest absolute Gasteiger partial charge is 0.231 e. The first-order valence-corrected chi connectivity index (χ1v) is 9.53. The molecule has 144 valence electrons. The number of carbonyl (C=O) groups is 1. The molecule has 6 nitrogen and oxygen atoms in total. The van der Waals surface area contributed by atoms with Crippen LogP contribution in [0.3, 0.4) is 0 Å². The van der Waals surface area contributed by atoms with Crippen LogP contribution in [0.15, 0.2) is 47.0 Å². The van der Waals surface area contributed by atoms with Crippen LogP contribution in [0.25, 0.3) is 11.4 Å². The number of likely N-dealkylation sites (tertiary alicyclic amines) is 1. The van der Waals surface area contributed by atoms with E-state index in [9.17, 15) is 4.79 Å². The number of hydrogen-bond acceptors (Lipinski definition) is 5. The maximum Gasteiger partial charge on any atom is 0.231 e. The third kappa shape index (κ3) is 3.87. The van der Waals surface area contributed by atoms with E-state index in [0.29, 0.717) is 41.9 Å². The van der Waals surface area contributed by atoms with E-state index in [1.165, 1.54) is 0 Å². The lowest BCUT2D eigenvalue weighted by Crippen LogP contribution is -2.23. The van der Waals surface area contributed by atoms with Crippen molar-refractivity contribution in [1.29, 1.82) is 0 Å². The quantitative estimate of drug-likeness (QED) is 0.626. The van der Waals surface area contributed by atoms with Gasteiger partial charge in [0, 0.05) is 35.7 Å². The minimum atomic E-state index is 0.209. The Morgan fingerprint density at radius 2 is 2.11 bits per heavy atom. The molecule has 0 saturated carbocycles. The van der Waals surface area contributed by atoms with Crippen molar-refractivity contribution in [2.24, 2.45) is 0 Å². The zero-order valence-electron chi connectivity index (χ0n) is 15.5. The Kier molecular flexibility index (Phi) is 5.30. The molecule has 4 rings (SSSR count). The van der Waals surface area contributed by atoms with Crippen LogP contribution < -0.4 is 4.74 Å². The van der Waals surface area contributed by atoms with Crippen molar-refractivity contribution in [1.82, 2.24) is 15.0 Å². The molecule has 2 heterocycles. The van der Waals surface area contributed by atoms with Crippen LogP contribution in [-0.4, -0.2) is 34.6 Å². The van der Waals surface area contributed by atoms with Gasteiger partial charge in [-0.3, -0.25) is 4.79 Å². The molecule has 0 spiro atoms. The second-order valence-electron chi connectivity index (χ2n) is 6.73. The standard InChI is InChI=1S/C21H20ClN3O3/c1-27-18-8-3-7-17(22)16(18)12-19-23-21(24-28-19)15-6-2-5-14(11-15)13-25-10-4-9-20(25)26/h2-3,5-8,11H,4,9-10,12-13H2,1H3. The summed E-state index contributed by atoms with van der Waals surface area (Å²) in [6.45, 7) is 1.42. The SMILES string of the molecule is COc1cccc(Cl)c1Cc1nc(-c2cccc(CN3CCCC3=O)c2)no1. The molecule has 0 bridgehead atoms. The Morgan fingerprint density at radius 1 is 1.25 bits per heavy atom. The Bertz CT molecular complexity index is 1000. The molecule has 1 aliphatic heterocycles. The summed E-state index contributed by atoms with van der Waals surface area (Å²) >= 11 is 6.29. The minimum absolute atomic E-state index is 0.209. The molecular formula is C21H20ClN3O3. The molecule has 1 fully saturated rings. The molecule has 1 saturated heterocycles. The molecule has 3 aromatic rings. The van der Waals surface area contributed by atoms with Gasteiger partial charge in [0.25, 0.3) is 0 Å². The molecule has 7 heteroatoms. The fourth-order valence-electron chi connectivity index (χ4n) is 3.40. The van der Waals surface area contributed by atoms with Crippen molar-refractivity contribution in [2.45, 2.75) is 25.8 Å². The highest BCUT2D eigenvalue weighted by molar-refractivity contribution is 6.31. The summed E-state index contributed by atoms with van der Waals surface area (Å²) in [6, 6.07) is 13.4. The largest absolute Gasteiger partial charge is 0.496 e. The predicted octanol–water partition coefficient (Wildman–Crippen LogP) is 4.11. The Hall–Kier alpha value is -2.86. The van der Waals surface area contributed by atoms with Crippen LogP contribution in [0.4, 0.5) is 0 Å². The second-order valence-corrected chi connectivity index (χ2v) is 7.14. The zero-order valence-corrected chi connectivity index (χ0v) is 16.3. The normalized spacial score (nSPS) is 13.9. The van der Waals surface area contributed by atoms with E-state index >= 15 is 0 Å². The summed E-state index contributed by atoms with van der Waals surface area (Å²) in [5, 5.41) is 4.70. The van der Waals surface area contributed by atoms with E-state index in [2.05, 4.69) is 10.1 Å². The molecular weight excluding hydrogens is 378 g/mol. The molecule has 28 heavy (non-hydrogen) atoms. The molecule has 0 N–H and O–H groups in total. The first-order chi connectivity index (χ1) is 13.6. The van der Waals surface area contributed by atoms with Crippen molar-refractivity contribution in [3.8, 4) is 17.1 Å². The highest BCUT2D eigenvalue weighted by atomic mass is 35.5. The number of nitrogens with zero attached hydrogens (tertiary/aromatic N) is 3. The summed E-state index contributed by atoms with van der Waals surface area (Å²) in [7, 11) is 1.60. The first-order valence-electron chi connectivity index (χ1n) is 9.15. The molecule has 0 aliphatic carbocycles. The number of carbonyl (C=O) groups excluding carboxylic acids is 1. The molecule has 0 atom stereocenters. The van der Waals surface area contributed by atoms with Crippen LogP contribution >= 0.6 is 11.6 Å². The Morgan fingerprint density at radius 3 is 2.89 bits per heavy atom. The van der Waals surface area contributed by atoms with Crippen molar-refractivity contribution >= 4 is 17.5 Å². The van der Waals surface area contributed by atoms with Gasteiger partial charge in [0.1, 0.15) is 5.75 Å². The van der Waals surface area contributed by atoms with E-state index in [0.717, 1.165) is 29.7 Å². The molecule has 1 aliphatic rings. The fourth-order valence-corrected chi connectivity index (χ4v) is 3.63. The van der Waals surface area contributed by atoms with Crippen molar-refractivity contribution < 1.29 is 14.1 Å². The number of benzene rings is 2. The number of rotatable bonds is 6. The van der Waals surface area contributed by atoms with E-state index in [1.54, 1.807) is 13.2 Å². The van der Waals surface area contributed by atoms with Gasteiger partial charge in [0.15, 0.2) is 0 Å². The third-order valence-corrected chi connectivity index (χ3v) is 5.18. The lowest BCUT2D eigenvalue weighted by atomic mass is 10.1. The molecule has 0 radical (unpaired) electrons. The van der Waals surface area contributed by atoms with Crippen molar-refractivity contribution in [3.05, 3.63) is 64.5 Å². The molecule has 2 aromatic carbocycles. The van der Waals surface area contributed by atoms with Gasteiger partial charge in [0.2, 0.25) is 17.6 Å². The van der Waals surface area contributed by atoms with Crippen LogP contribution in [0.1, 0.15) is 29.9 Å². The number of hydrogen-bond donors (Lipinski definition) is 0. The molecule has 0 unspecified atom stereocenters. The van der Waals surface area contributed by atoms with Gasteiger partial charge in [-0.05, 0) is 30.2 Å². The number of ether oxygens (including phenoxy) is 1. The summed E-state index contributed by atoms with van der Waals surface area (Å²) < 4.78 is 10.8. The van der Waals surface area contributed by atoms with Gasteiger partial charge >= 0.3 is 0 Å². The van der Waals surface area contributed by atoms with Gasteiger partial charge in [-0.15, -0.1) is 0 Å².